The van der Waals surface area contributed by atoms with E-state index in [4.69, 9.17) is 18.9 Å². The van der Waals surface area contributed by atoms with Crippen molar-refractivity contribution < 1.29 is 23.7 Å². The molecule has 0 saturated carbocycles. The highest BCUT2D eigenvalue weighted by Crippen LogP contribution is 2.58. The summed E-state index contributed by atoms with van der Waals surface area (Å²) < 4.78 is 22.1. The van der Waals surface area contributed by atoms with Crippen LogP contribution in [0.5, 0.6) is 23.0 Å². The highest BCUT2D eigenvalue weighted by Gasteiger charge is 2.55. The monoisotopic (exact) mass is 365 g/mol. The summed E-state index contributed by atoms with van der Waals surface area (Å²) in [5.74, 6) is 2.55. The minimum atomic E-state index is -0.671. The number of nitrogens with zero attached hydrogens (tertiary/aromatic N) is 1. The second-order valence-electron chi connectivity index (χ2n) is 6.96. The summed E-state index contributed by atoms with van der Waals surface area (Å²) in [7, 11) is 4.97. The molecule has 6 nitrogen and oxygen atoms in total. The van der Waals surface area contributed by atoms with Gasteiger partial charge in [0.15, 0.2) is 23.0 Å². The van der Waals surface area contributed by atoms with Crippen molar-refractivity contribution in [1.82, 2.24) is 4.90 Å². The van der Waals surface area contributed by atoms with Crippen molar-refractivity contribution in [2.24, 2.45) is 0 Å². The lowest BCUT2D eigenvalue weighted by Gasteiger charge is -2.34. The fourth-order valence-electron chi connectivity index (χ4n) is 4.59. The molecule has 5 rings (SSSR count). The van der Waals surface area contributed by atoms with E-state index in [1.165, 1.54) is 0 Å². The van der Waals surface area contributed by atoms with E-state index >= 15 is 0 Å². The van der Waals surface area contributed by atoms with Gasteiger partial charge in [-0.3, -0.25) is 4.79 Å². The first-order chi connectivity index (χ1) is 13.0. The van der Waals surface area contributed by atoms with Crippen LogP contribution >= 0.6 is 0 Å². The van der Waals surface area contributed by atoms with Crippen LogP contribution in [0.1, 0.15) is 27.0 Å². The molecule has 0 fully saturated rings. The Bertz CT molecular complexity index is 1030. The second-order valence-corrected chi connectivity index (χ2v) is 6.96. The van der Waals surface area contributed by atoms with Crippen LogP contribution in [0.3, 0.4) is 0 Å². The van der Waals surface area contributed by atoms with Crippen molar-refractivity contribution in [1.29, 1.82) is 0 Å². The first kappa shape index (κ1) is 16.1. The number of likely N-dealkylation sites (N-methyl/N-ethyl adjacent to an activating group) is 1. The van der Waals surface area contributed by atoms with Gasteiger partial charge in [0.2, 0.25) is 6.79 Å². The van der Waals surface area contributed by atoms with E-state index in [0.717, 1.165) is 33.8 Å². The van der Waals surface area contributed by atoms with Gasteiger partial charge < -0.3 is 23.8 Å². The second kappa shape index (κ2) is 5.19. The fraction of sp³-hybridized carbons (Fsp3) is 0.286. The van der Waals surface area contributed by atoms with Crippen molar-refractivity contribution in [3.63, 3.8) is 0 Å². The smallest absolute Gasteiger partial charge is 0.255 e. The first-order valence-corrected chi connectivity index (χ1v) is 8.68. The van der Waals surface area contributed by atoms with Crippen LogP contribution in [-0.2, 0) is 12.0 Å². The maximum absolute atomic E-state index is 13.1. The van der Waals surface area contributed by atoms with Crippen LogP contribution in [-0.4, -0.2) is 38.9 Å². The summed E-state index contributed by atoms with van der Waals surface area (Å²) in [5.41, 5.74) is 3.71. The highest BCUT2D eigenvalue weighted by molar-refractivity contribution is 6.05. The highest BCUT2D eigenvalue weighted by atomic mass is 16.7. The maximum Gasteiger partial charge on any atom is 0.255 e. The number of amides is 1. The predicted octanol–water partition coefficient (Wildman–Crippen LogP) is 2.98. The molecule has 138 valence electrons. The summed E-state index contributed by atoms with van der Waals surface area (Å²) >= 11 is 0. The summed E-state index contributed by atoms with van der Waals surface area (Å²) in [5, 5.41) is 0. The summed E-state index contributed by atoms with van der Waals surface area (Å²) in [6.07, 6.45) is 0.582. The van der Waals surface area contributed by atoms with Crippen LogP contribution in [0.15, 0.2) is 30.8 Å². The van der Waals surface area contributed by atoms with E-state index in [9.17, 15) is 4.79 Å². The largest absolute Gasteiger partial charge is 0.493 e. The van der Waals surface area contributed by atoms with Crippen molar-refractivity contribution in [3.8, 4) is 23.0 Å². The Morgan fingerprint density at radius 2 is 1.85 bits per heavy atom. The lowest BCUT2D eigenvalue weighted by molar-refractivity contribution is 0.0720. The number of methoxy groups -OCH3 is 2. The van der Waals surface area contributed by atoms with E-state index < -0.39 is 5.54 Å². The zero-order valence-electron chi connectivity index (χ0n) is 15.4. The van der Waals surface area contributed by atoms with E-state index in [0.29, 0.717) is 23.5 Å². The lowest BCUT2D eigenvalue weighted by atomic mass is 9.83. The van der Waals surface area contributed by atoms with Gasteiger partial charge in [0.25, 0.3) is 5.91 Å². The number of carbonyl (C=O) groups is 1. The molecule has 1 amide bonds. The lowest BCUT2D eigenvalue weighted by Crippen LogP contribution is -2.40. The standard InChI is InChI=1S/C21H19NO5/c1-11-12-5-6-16-19(27-10-26-16)14(12)9-21(11)15-8-18(25-4)17(24-3)7-13(15)20(23)22(21)2/h5-8H,1,9-10H2,2-4H3. The Balaban J connectivity index is 1.75. The SMILES string of the molecule is C=C1c2ccc3c(c2CC12c1cc(OC)c(OC)cc1C(=O)N2C)OCO3. The van der Waals surface area contributed by atoms with Crippen LogP contribution in [0.25, 0.3) is 5.57 Å². The minimum absolute atomic E-state index is 0.0614. The Labute approximate surface area is 156 Å². The molecule has 2 aromatic rings. The van der Waals surface area contributed by atoms with Crippen LogP contribution in [0, 0.1) is 0 Å². The predicted molar refractivity (Wildman–Crippen MR) is 98.6 cm³/mol. The van der Waals surface area contributed by atoms with Gasteiger partial charge in [0, 0.05) is 24.6 Å². The van der Waals surface area contributed by atoms with Gasteiger partial charge in [0.05, 0.1) is 19.8 Å². The summed E-state index contributed by atoms with van der Waals surface area (Å²) in [6, 6.07) is 7.54. The molecule has 0 saturated heterocycles. The van der Waals surface area contributed by atoms with Gasteiger partial charge in [-0.15, -0.1) is 0 Å². The van der Waals surface area contributed by atoms with Gasteiger partial charge >= 0.3 is 0 Å². The molecule has 2 aromatic carbocycles. The quantitative estimate of drug-likeness (QED) is 0.819. The number of ether oxygens (including phenoxy) is 4. The number of hydrogen-bond acceptors (Lipinski definition) is 5. The average molecular weight is 365 g/mol. The topological polar surface area (TPSA) is 57.2 Å². The zero-order chi connectivity index (χ0) is 18.9. The third-order valence-electron chi connectivity index (χ3n) is 5.98. The Morgan fingerprint density at radius 3 is 2.59 bits per heavy atom. The van der Waals surface area contributed by atoms with Crippen LogP contribution in [0.2, 0.25) is 0 Å². The number of rotatable bonds is 2. The molecule has 6 heteroatoms. The third-order valence-corrected chi connectivity index (χ3v) is 5.98. The molecular weight excluding hydrogens is 346 g/mol. The van der Waals surface area contributed by atoms with Crippen molar-refractivity contribution in [2.75, 3.05) is 28.1 Å². The molecular formula is C21H19NO5. The molecule has 0 radical (unpaired) electrons. The summed E-state index contributed by atoms with van der Waals surface area (Å²) in [6.45, 7) is 4.59. The van der Waals surface area contributed by atoms with Crippen molar-refractivity contribution in [2.45, 2.75) is 12.0 Å². The van der Waals surface area contributed by atoms with Gasteiger partial charge in [-0.1, -0.05) is 12.6 Å². The normalized spacial score (nSPS) is 21.7. The summed E-state index contributed by atoms with van der Waals surface area (Å²) in [4.78, 5) is 14.9. The molecule has 1 atom stereocenters. The third kappa shape index (κ3) is 1.77. The Hall–Kier alpha value is -3.15. The van der Waals surface area contributed by atoms with E-state index in [2.05, 4.69) is 6.58 Å². The molecule has 1 unspecified atom stereocenters. The molecule has 1 spiro atoms. The zero-order valence-corrected chi connectivity index (χ0v) is 15.4. The Morgan fingerprint density at radius 1 is 1.11 bits per heavy atom. The van der Waals surface area contributed by atoms with E-state index in [-0.39, 0.29) is 12.7 Å². The fourth-order valence-corrected chi connectivity index (χ4v) is 4.59. The molecule has 0 bridgehead atoms. The molecule has 27 heavy (non-hydrogen) atoms. The van der Waals surface area contributed by atoms with Crippen LogP contribution < -0.4 is 18.9 Å². The number of fused-ring (bicyclic) bond motifs is 5. The van der Waals surface area contributed by atoms with E-state index in [1.807, 2.05) is 25.2 Å². The van der Waals surface area contributed by atoms with E-state index in [1.54, 1.807) is 25.2 Å². The van der Waals surface area contributed by atoms with Crippen molar-refractivity contribution >= 4 is 11.5 Å². The molecule has 2 aliphatic heterocycles. The molecule has 0 aromatic heterocycles. The van der Waals surface area contributed by atoms with Gasteiger partial charge in [-0.25, -0.2) is 0 Å². The number of benzene rings is 2. The molecule has 1 aliphatic carbocycles. The van der Waals surface area contributed by atoms with Gasteiger partial charge in [0.1, 0.15) is 0 Å². The van der Waals surface area contributed by atoms with Crippen molar-refractivity contribution in [3.05, 3.63) is 53.1 Å². The first-order valence-electron chi connectivity index (χ1n) is 8.68. The van der Waals surface area contributed by atoms with Gasteiger partial charge in [-0.2, -0.15) is 0 Å². The molecule has 3 aliphatic rings. The van der Waals surface area contributed by atoms with Gasteiger partial charge in [-0.05, 0) is 34.9 Å². The Kier molecular flexibility index (Phi) is 3.09. The number of carbonyl (C=O) groups excluding carboxylic acids is 1. The van der Waals surface area contributed by atoms with Crippen LogP contribution in [0.4, 0.5) is 0 Å². The maximum atomic E-state index is 13.1. The average Bonchev–Trinajstić information content (AvgIpc) is 3.33. The molecule has 2 heterocycles. The number of hydrogen-bond donors (Lipinski definition) is 0. The minimum Gasteiger partial charge on any atom is -0.493 e. The molecule has 0 N–H and O–H groups in total.